The quantitative estimate of drug-likeness (QED) is 0.670. The highest BCUT2D eigenvalue weighted by molar-refractivity contribution is 7.92. The number of rotatable bonds is 8. The monoisotopic (exact) mass is 449 g/mol. The van der Waals surface area contributed by atoms with Crippen LogP contribution in [0.1, 0.15) is 23.6 Å². The van der Waals surface area contributed by atoms with Crippen LogP contribution in [0, 0.1) is 19.7 Å². The number of hydrogen-bond donors (Lipinski definition) is 1. The molecule has 2 aromatic rings. The fourth-order valence-corrected chi connectivity index (χ4v) is 4.32. The van der Waals surface area contributed by atoms with Crippen LogP contribution >= 0.6 is 0 Å². The summed E-state index contributed by atoms with van der Waals surface area (Å²) in [6.45, 7) is 4.66. The summed E-state index contributed by atoms with van der Waals surface area (Å²) >= 11 is 0. The van der Waals surface area contributed by atoms with Gasteiger partial charge in [0.05, 0.1) is 11.9 Å². The number of para-hydroxylation sites is 1. The summed E-state index contributed by atoms with van der Waals surface area (Å²) in [7, 11) is -2.33. The second-order valence-corrected chi connectivity index (χ2v) is 9.36. The molecule has 0 saturated heterocycles. The lowest BCUT2D eigenvalue weighted by Crippen LogP contribution is -2.50. The van der Waals surface area contributed by atoms with Crippen LogP contribution in [0.15, 0.2) is 42.5 Å². The van der Waals surface area contributed by atoms with Crippen LogP contribution in [0.5, 0.6) is 0 Å². The minimum Gasteiger partial charge on any atom is -0.357 e. The zero-order chi connectivity index (χ0) is 23.3. The first kappa shape index (κ1) is 24.3. The Balaban J connectivity index is 2.43. The molecule has 2 rings (SSSR count). The predicted molar refractivity (Wildman–Crippen MR) is 119 cm³/mol. The minimum absolute atomic E-state index is 0.0258. The van der Waals surface area contributed by atoms with E-state index in [1.165, 1.54) is 36.2 Å². The van der Waals surface area contributed by atoms with E-state index in [1.807, 2.05) is 6.07 Å². The first-order chi connectivity index (χ1) is 14.5. The third-order valence-electron chi connectivity index (χ3n) is 5.05. The lowest BCUT2D eigenvalue weighted by Gasteiger charge is -2.32. The third kappa shape index (κ3) is 6.04. The number of carbonyl (C=O) groups excluding carboxylic acids is 2. The summed E-state index contributed by atoms with van der Waals surface area (Å²) in [5.41, 5.74) is 2.47. The van der Waals surface area contributed by atoms with Gasteiger partial charge < -0.3 is 10.2 Å². The predicted octanol–water partition coefficient (Wildman–Crippen LogP) is 2.37. The van der Waals surface area contributed by atoms with Crippen molar-refractivity contribution in [3.63, 3.8) is 0 Å². The second-order valence-electron chi connectivity index (χ2n) is 7.45. The van der Waals surface area contributed by atoms with E-state index in [0.29, 0.717) is 22.4 Å². The topological polar surface area (TPSA) is 86.8 Å². The summed E-state index contributed by atoms with van der Waals surface area (Å²) in [6, 6.07) is 10.1. The van der Waals surface area contributed by atoms with Crippen molar-refractivity contribution in [2.24, 2.45) is 0 Å². The van der Waals surface area contributed by atoms with Crippen LogP contribution in [0.4, 0.5) is 10.1 Å². The van der Waals surface area contributed by atoms with E-state index in [2.05, 4.69) is 5.32 Å². The highest BCUT2D eigenvalue weighted by Gasteiger charge is 2.30. The summed E-state index contributed by atoms with van der Waals surface area (Å²) in [5.74, 6) is -1.36. The number of anilines is 1. The Hall–Kier alpha value is -2.94. The molecule has 1 N–H and O–H groups in total. The van der Waals surface area contributed by atoms with E-state index < -0.39 is 40.2 Å². The zero-order valence-electron chi connectivity index (χ0n) is 18.3. The van der Waals surface area contributed by atoms with Crippen molar-refractivity contribution >= 4 is 27.5 Å². The molecule has 168 valence electrons. The smallest absolute Gasteiger partial charge is 0.244 e. The molecule has 0 fully saturated rings. The molecule has 31 heavy (non-hydrogen) atoms. The lowest BCUT2D eigenvalue weighted by molar-refractivity contribution is -0.139. The van der Waals surface area contributed by atoms with Crippen molar-refractivity contribution < 1.29 is 22.4 Å². The summed E-state index contributed by atoms with van der Waals surface area (Å²) in [6.07, 6.45) is 1.04. The van der Waals surface area contributed by atoms with Gasteiger partial charge in [-0.2, -0.15) is 0 Å². The highest BCUT2D eigenvalue weighted by Crippen LogP contribution is 2.27. The number of nitrogens with zero attached hydrogens (tertiary/aromatic N) is 2. The number of carbonyl (C=O) groups is 2. The molecule has 0 aromatic heterocycles. The van der Waals surface area contributed by atoms with Gasteiger partial charge in [-0.25, -0.2) is 12.8 Å². The fraction of sp³-hybridized carbons (Fsp3) is 0.364. The Kier molecular flexibility index (Phi) is 7.78. The molecule has 7 nitrogen and oxygen atoms in total. The van der Waals surface area contributed by atoms with Crippen LogP contribution in [-0.4, -0.2) is 51.0 Å². The summed E-state index contributed by atoms with van der Waals surface area (Å²) < 4.78 is 39.5. The molecule has 0 saturated carbocycles. The summed E-state index contributed by atoms with van der Waals surface area (Å²) in [5, 5.41) is 2.50. The van der Waals surface area contributed by atoms with Gasteiger partial charge in [-0.1, -0.05) is 30.3 Å². The number of likely N-dealkylation sites (N-methyl/N-ethyl adjacent to an activating group) is 1. The van der Waals surface area contributed by atoms with E-state index in [0.717, 1.165) is 10.6 Å². The Morgan fingerprint density at radius 2 is 1.61 bits per heavy atom. The van der Waals surface area contributed by atoms with Gasteiger partial charge in [-0.3, -0.25) is 13.9 Å². The lowest BCUT2D eigenvalue weighted by atomic mass is 10.1. The average molecular weight is 450 g/mol. The number of benzene rings is 2. The van der Waals surface area contributed by atoms with Crippen LogP contribution in [0.2, 0.25) is 0 Å². The number of halogens is 1. The van der Waals surface area contributed by atoms with Gasteiger partial charge in [-0.15, -0.1) is 0 Å². The maximum absolute atomic E-state index is 13.3. The average Bonchev–Trinajstić information content (AvgIpc) is 2.70. The molecular formula is C22H28FN3O4S. The molecule has 0 spiro atoms. The molecule has 9 heteroatoms. The van der Waals surface area contributed by atoms with Crippen LogP contribution < -0.4 is 9.62 Å². The van der Waals surface area contributed by atoms with Crippen LogP contribution in [0.25, 0.3) is 0 Å². The second kappa shape index (κ2) is 9.91. The van der Waals surface area contributed by atoms with Gasteiger partial charge >= 0.3 is 0 Å². The molecule has 1 atom stereocenters. The van der Waals surface area contributed by atoms with Gasteiger partial charge in [0.15, 0.2) is 0 Å². The van der Waals surface area contributed by atoms with E-state index in [1.54, 1.807) is 32.9 Å². The molecular weight excluding hydrogens is 421 g/mol. The molecule has 0 aliphatic rings. The van der Waals surface area contributed by atoms with Crippen molar-refractivity contribution in [2.45, 2.75) is 33.4 Å². The zero-order valence-corrected chi connectivity index (χ0v) is 19.2. The number of nitrogens with one attached hydrogen (secondary N) is 1. The van der Waals surface area contributed by atoms with Gasteiger partial charge in [0.25, 0.3) is 0 Å². The molecule has 0 bridgehead atoms. The van der Waals surface area contributed by atoms with Crippen LogP contribution in [0.3, 0.4) is 0 Å². The third-order valence-corrected chi connectivity index (χ3v) is 6.16. The Morgan fingerprint density at radius 1 is 1.06 bits per heavy atom. The molecule has 0 aliphatic heterocycles. The van der Waals surface area contributed by atoms with Crippen molar-refractivity contribution in [3.05, 3.63) is 65.0 Å². The van der Waals surface area contributed by atoms with Crippen molar-refractivity contribution in [1.29, 1.82) is 0 Å². The Labute approximate surface area is 182 Å². The van der Waals surface area contributed by atoms with Crippen molar-refractivity contribution in [2.75, 3.05) is 24.2 Å². The molecule has 0 heterocycles. The first-order valence-corrected chi connectivity index (χ1v) is 11.6. The highest BCUT2D eigenvalue weighted by atomic mass is 32.2. The van der Waals surface area contributed by atoms with Crippen molar-refractivity contribution in [1.82, 2.24) is 10.2 Å². The van der Waals surface area contributed by atoms with Crippen LogP contribution in [-0.2, 0) is 26.2 Å². The maximum atomic E-state index is 13.3. The van der Waals surface area contributed by atoms with Crippen molar-refractivity contribution in [3.8, 4) is 0 Å². The van der Waals surface area contributed by atoms with E-state index >= 15 is 0 Å². The largest absolute Gasteiger partial charge is 0.357 e. The molecule has 0 radical (unpaired) electrons. The molecule has 0 unspecified atom stereocenters. The van der Waals surface area contributed by atoms with E-state index in [9.17, 15) is 22.4 Å². The molecule has 2 aromatic carbocycles. The SMILES string of the molecule is CNC(=O)[C@@H](C)N(Cc1ccc(F)cc1)C(=O)CN(c1c(C)cccc1C)S(C)(=O)=O. The fourth-order valence-electron chi connectivity index (χ4n) is 3.35. The number of sulfonamides is 1. The van der Waals surface area contributed by atoms with Gasteiger partial charge in [0, 0.05) is 13.6 Å². The standard InChI is InChI=1S/C22H28FN3O4S/c1-15-7-6-8-16(2)21(15)26(31(5,29)30)14-20(27)25(17(3)22(28)24-4)13-18-9-11-19(23)12-10-18/h6-12,17H,13-14H2,1-5H3,(H,24,28)/t17-/m1/s1. The van der Waals surface area contributed by atoms with Gasteiger partial charge in [0.1, 0.15) is 18.4 Å². The Morgan fingerprint density at radius 3 is 2.10 bits per heavy atom. The Bertz CT molecular complexity index is 1030. The summed E-state index contributed by atoms with van der Waals surface area (Å²) in [4.78, 5) is 26.9. The van der Waals surface area contributed by atoms with E-state index in [-0.39, 0.29) is 6.54 Å². The van der Waals surface area contributed by atoms with E-state index in [4.69, 9.17) is 0 Å². The number of aryl methyl sites for hydroxylation is 2. The maximum Gasteiger partial charge on any atom is 0.244 e. The van der Waals surface area contributed by atoms with Gasteiger partial charge in [0.2, 0.25) is 21.8 Å². The van der Waals surface area contributed by atoms with Gasteiger partial charge in [-0.05, 0) is 49.6 Å². The minimum atomic E-state index is -3.79. The number of hydrogen-bond acceptors (Lipinski definition) is 4. The first-order valence-electron chi connectivity index (χ1n) is 9.75. The molecule has 2 amide bonds. The number of amides is 2. The normalized spacial score (nSPS) is 12.2. The molecule has 0 aliphatic carbocycles.